The summed E-state index contributed by atoms with van der Waals surface area (Å²) in [5.41, 5.74) is 0. The zero-order valence-corrected chi connectivity index (χ0v) is 11.1. The molecule has 1 fully saturated rings. The molecule has 1 N–H and O–H groups in total. The minimum atomic E-state index is -0.855. The Bertz CT molecular complexity index is 471. The number of carbonyl (C=O) groups is 2. The van der Waals surface area contributed by atoms with Gasteiger partial charge in [0.2, 0.25) is 0 Å². The summed E-state index contributed by atoms with van der Waals surface area (Å²) >= 11 is 3.31. The van der Waals surface area contributed by atoms with Crippen molar-refractivity contribution in [3.8, 4) is 5.75 Å². The zero-order valence-electron chi connectivity index (χ0n) is 9.51. The third-order valence-corrected chi connectivity index (χ3v) is 3.24. The van der Waals surface area contributed by atoms with Gasteiger partial charge in [-0.15, -0.1) is 0 Å². The topological polar surface area (TPSA) is 66.8 Å². The molecule has 1 aromatic rings. The van der Waals surface area contributed by atoms with E-state index in [2.05, 4.69) is 15.9 Å². The number of likely N-dealkylation sites (tertiary alicyclic amines) is 1. The zero-order chi connectivity index (χ0) is 13.1. The second kappa shape index (κ2) is 5.39. The van der Waals surface area contributed by atoms with Crippen LogP contribution >= 0.6 is 15.9 Å². The molecule has 0 atom stereocenters. The molecule has 0 radical (unpaired) electrons. The van der Waals surface area contributed by atoms with Gasteiger partial charge in [0, 0.05) is 17.6 Å². The van der Waals surface area contributed by atoms with E-state index in [1.54, 1.807) is 12.1 Å². The number of benzene rings is 1. The molecule has 0 saturated carbocycles. The van der Waals surface area contributed by atoms with Gasteiger partial charge in [-0.2, -0.15) is 0 Å². The molecule has 1 amide bonds. The molecule has 6 heteroatoms. The number of hydrogen-bond donors (Lipinski definition) is 1. The van der Waals surface area contributed by atoms with Crippen molar-refractivity contribution in [2.45, 2.75) is 0 Å². The molecule has 1 aromatic carbocycles. The van der Waals surface area contributed by atoms with Gasteiger partial charge in [0.15, 0.2) is 6.61 Å². The van der Waals surface area contributed by atoms with Crippen LogP contribution in [0.1, 0.15) is 0 Å². The highest BCUT2D eigenvalue weighted by Crippen LogP contribution is 2.19. The molecule has 0 aliphatic carbocycles. The van der Waals surface area contributed by atoms with Crippen LogP contribution in [0.15, 0.2) is 28.7 Å². The monoisotopic (exact) mass is 313 g/mol. The Balaban J connectivity index is 1.78. The lowest BCUT2D eigenvalue weighted by Gasteiger charge is -2.36. The minimum Gasteiger partial charge on any atom is -0.484 e. The third-order valence-electron chi connectivity index (χ3n) is 2.74. The van der Waals surface area contributed by atoms with Gasteiger partial charge < -0.3 is 14.7 Å². The van der Waals surface area contributed by atoms with E-state index < -0.39 is 11.9 Å². The predicted molar refractivity (Wildman–Crippen MR) is 67.3 cm³/mol. The summed E-state index contributed by atoms with van der Waals surface area (Å²) in [7, 11) is 0. The molecule has 18 heavy (non-hydrogen) atoms. The fourth-order valence-electron chi connectivity index (χ4n) is 1.63. The Labute approximate surface area is 112 Å². The Morgan fingerprint density at radius 2 is 2.17 bits per heavy atom. The van der Waals surface area contributed by atoms with E-state index in [1.165, 1.54) is 4.90 Å². The molecule has 0 bridgehead atoms. The van der Waals surface area contributed by atoms with E-state index in [4.69, 9.17) is 9.84 Å². The van der Waals surface area contributed by atoms with Crippen molar-refractivity contribution in [3.63, 3.8) is 0 Å². The number of amides is 1. The first-order valence-corrected chi connectivity index (χ1v) is 6.24. The van der Waals surface area contributed by atoms with Crippen molar-refractivity contribution in [2.24, 2.45) is 5.92 Å². The molecule has 1 aliphatic rings. The molecule has 0 unspecified atom stereocenters. The number of halogens is 1. The summed E-state index contributed by atoms with van der Waals surface area (Å²) in [4.78, 5) is 23.7. The first-order valence-electron chi connectivity index (χ1n) is 5.45. The number of ether oxygens (including phenoxy) is 1. The molecule has 1 saturated heterocycles. The van der Waals surface area contributed by atoms with Crippen molar-refractivity contribution in [1.29, 1.82) is 0 Å². The fraction of sp³-hybridized carbons (Fsp3) is 0.333. The first kappa shape index (κ1) is 12.9. The van der Waals surface area contributed by atoms with Gasteiger partial charge in [-0.1, -0.05) is 22.0 Å². The highest BCUT2D eigenvalue weighted by Gasteiger charge is 2.35. The van der Waals surface area contributed by atoms with Crippen LogP contribution in [0.5, 0.6) is 5.75 Å². The maximum absolute atomic E-state index is 11.6. The molecule has 0 aromatic heterocycles. The highest BCUT2D eigenvalue weighted by molar-refractivity contribution is 9.10. The molecule has 1 aliphatic heterocycles. The lowest BCUT2D eigenvalue weighted by molar-refractivity contribution is -0.153. The van der Waals surface area contributed by atoms with Crippen molar-refractivity contribution in [2.75, 3.05) is 19.7 Å². The molecular formula is C12H12BrNO4. The molecule has 5 nitrogen and oxygen atoms in total. The molecular weight excluding hydrogens is 302 g/mol. The molecule has 2 rings (SSSR count). The van der Waals surface area contributed by atoms with E-state index in [-0.39, 0.29) is 25.6 Å². The lowest BCUT2D eigenvalue weighted by Crippen LogP contribution is -2.54. The average molecular weight is 314 g/mol. The van der Waals surface area contributed by atoms with Gasteiger partial charge in [-0.25, -0.2) is 0 Å². The van der Waals surface area contributed by atoms with E-state index in [9.17, 15) is 9.59 Å². The van der Waals surface area contributed by atoms with Crippen molar-refractivity contribution in [3.05, 3.63) is 28.7 Å². The van der Waals surface area contributed by atoms with Gasteiger partial charge in [-0.05, 0) is 18.2 Å². The van der Waals surface area contributed by atoms with Crippen LogP contribution in [-0.4, -0.2) is 41.6 Å². The first-order chi connectivity index (χ1) is 8.56. The van der Waals surface area contributed by atoms with Crippen LogP contribution in [0.3, 0.4) is 0 Å². The summed E-state index contributed by atoms with van der Waals surface area (Å²) in [5.74, 6) is -0.868. The van der Waals surface area contributed by atoms with Gasteiger partial charge in [0.05, 0.1) is 5.92 Å². The van der Waals surface area contributed by atoms with Crippen LogP contribution in [0.4, 0.5) is 0 Å². The lowest BCUT2D eigenvalue weighted by atomic mass is 10.0. The second-order valence-electron chi connectivity index (χ2n) is 4.08. The predicted octanol–water partition coefficient (Wildman–Crippen LogP) is 1.37. The van der Waals surface area contributed by atoms with Gasteiger partial charge in [0.1, 0.15) is 5.75 Å². The maximum Gasteiger partial charge on any atom is 0.310 e. The average Bonchev–Trinajstić information content (AvgIpc) is 2.24. The highest BCUT2D eigenvalue weighted by atomic mass is 79.9. The van der Waals surface area contributed by atoms with Crippen molar-refractivity contribution < 1.29 is 19.4 Å². The minimum absolute atomic E-state index is 0.0667. The van der Waals surface area contributed by atoms with E-state index >= 15 is 0 Å². The number of rotatable bonds is 4. The van der Waals surface area contributed by atoms with Crippen LogP contribution in [0.25, 0.3) is 0 Å². The van der Waals surface area contributed by atoms with Crippen LogP contribution < -0.4 is 4.74 Å². The normalized spacial score (nSPS) is 15.1. The second-order valence-corrected chi connectivity index (χ2v) is 5.00. The van der Waals surface area contributed by atoms with E-state index in [0.29, 0.717) is 5.75 Å². The third kappa shape index (κ3) is 3.01. The largest absolute Gasteiger partial charge is 0.484 e. The van der Waals surface area contributed by atoms with Crippen LogP contribution in [-0.2, 0) is 9.59 Å². The summed E-state index contributed by atoms with van der Waals surface area (Å²) < 4.78 is 6.21. The summed E-state index contributed by atoms with van der Waals surface area (Å²) in [6, 6.07) is 7.20. The van der Waals surface area contributed by atoms with Crippen molar-refractivity contribution in [1.82, 2.24) is 4.90 Å². The summed E-state index contributed by atoms with van der Waals surface area (Å²) in [6.45, 7) is 0.481. The number of nitrogens with zero attached hydrogens (tertiary/aromatic N) is 1. The Kier molecular flexibility index (Phi) is 3.86. The number of aliphatic carboxylic acids is 1. The fourth-order valence-corrected chi connectivity index (χ4v) is 2.01. The summed E-state index contributed by atoms with van der Waals surface area (Å²) in [6.07, 6.45) is 0. The summed E-state index contributed by atoms with van der Waals surface area (Å²) in [5, 5.41) is 8.70. The maximum atomic E-state index is 11.6. The van der Waals surface area contributed by atoms with Crippen LogP contribution in [0.2, 0.25) is 0 Å². The van der Waals surface area contributed by atoms with Gasteiger partial charge >= 0.3 is 5.97 Å². The van der Waals surface area contributed by atoms with E-state index in [1.807, 2.05) is 12.1 Å². The molecule has 0 spiro atoms. The SMILES string of the molecule is O=C(O)C1CN(C(=O)COc2cccc(Br)c2)C1. The standard InChI is InChI=1S/C12H12BrNO4/c13-9-2-1-3-10(4-9)18-7-11(15)14-5-8(6-14)12(16)17/h1-4,8H,5-7H2,(H,16,17). The van der Waals surface area contributed by atoms with Crippen molar-refractivity contribution >= 4 is 27.8 Å². The smallest absolute Gasteiger partial charge is 0.310 e. The van der Waals surface area contributed by atoms with Gasteiger partial charge in [-0.3, -0.25) is 9.59 Å². The quantitative estimate of drug-likeness (QED) is 0.911. The Morgan fingerprint density at radius 1 is 1.44 bits per heavy atom. The van der Waals surface area contributed by atoms with Gasteiger partial charge in [0.25, 0.3) is 5.91 Å². The number of carboxylic acid groups (broad SMARTS) is 1. The van der Waals surface area contributed by atoms with E-state index in [0.717, 1.165) is 4.47 Å². The number of carboxylic acids is 1. The van der Waals surface area contributed by atoms with Crippen LogP contribution in [0, 0.1) is 5.92 Å². The number of hydrogen-bond acceptors (Lipinski definition) is 3. The number of carbonyl (C=O) groups excluding carboxylic acids is 1. The Hall–Kier alpha value is -1.56. The molecule has 96 valence electrons. The molecule has 1 heterocycles. The Morgan fingerprint density at radius 3 is 2.78 bits per heavy atom.